The Labute approximate surface area is 170 Å². The van der Waals surface area contributed by atoms with Gasteiger partial charge in [0, 0.05) is 19.8 Å². The molecule has 2 aromatic rings. The number of ether oxygens (including phenoxy) is 2. The highest BCUT2D eigenvalue weighted by Crippen LogP contribution is 2.29. The minimum atomic E-state index is -3.76. The summed E-state index contributed by atoms with van der Waals surface area (Å²) in [6, 6.07) is 12.8. The van der Waals surface area contributed by atoms with Crippen molar-refractivity contribution in [1.29, 1.82) is 5.26 Å². The lowest BCUT2D eigenvalue weighted by Crippen LogP contribution is -2.30. The third kappa shape index (κ3) is 5.47. The second-order valence-corrected chi connectivity index (χ2v) is 8.39. The highest BCUT2D eigenvalue weighted by atomic mass is 32.2. The molecule has 0 saturated heterocycles. The molecule has 0 saturated carbocycles. The van der Waals surface area contributed by atoms with Crippen LogP contribution in [0, 0.1) is 11.3 Å². The summed E-state index contributed by atoms with van der Waals surface area (Å²) in [6.07, 6.45) is -0.844. The molecule has 9 heteroatoms. The van der Waals surface area contributed by atoms with Crippen molar-refractivity contribution in [3.05, 3.63) is 48.0 Å². The molecule has 1 amide bonds. The fourth-order valence-corrected chi connectivity index (χ4v) is 3.42. The fourth-order valence-electron chi connectivity index (χ4n) is 2.37. The molecule has 0 unspecified atom stereocenters. The quantitative estimate of drug-likeness (QED) is 0.707. The Morgan fingerprint density at radius 1 is 1.21 bits per heavy atom. The highest BCUT2D eigenvalue weighted by Gasteiger charge is 2.24. The maximum Gasteiger partial charge on any atom is 0.265 e. The first-order chi connectivity index (χ1) is 13.7. The van der Waals surface area contributed by atoms with Crippen molar-refractivity contribution in [3.8, 4) is 17.6 Å². The fraction of sp³-hybridized carbons (Fsp3) is 0.300. The van der Waals surface area contributed by atoms with Gasteiger partial charge in [-0.1, -0.05) is 0 Å². The summed E-state index contributed by atoms with van der Waals surface area (Å²) in [7, 11) is -0.923. The van der Waals surface area contributed by atoms with E-state index in [1.54, 1.807) is 44.2 Å². The number of carbonyl (C=O) groups excluding carboxylic acids is 1. The van der Waals surface area contributed by atoms with E-state index in [2.05, 4.69) is 5.32 Å². The minimum Gasteiger partial charge on any atom is -0.492 e. The summed E-state index contributed by atoms with van der Waals surface area (Å²) in [5, 5.41) is 11.5. The van der Waals surface area contributed by atoms with E-state index in [0.717, 1.165) is 4.31 Å². The summed E-state index contributed by atoms with van der Waals surface area (Å²) >= 11 is 0. The van der Waals surface area contributed by atoms with Gasteiger partial charge in [-0.15, -0.1) is 0 Å². The molecule has 0 radical (unpaired) electrons. The average molecular weight is 417 g/mol. The Bertz CT molecular complexity index is 1010. The molecular weight excluding hydrogens is 394 g/mol. The molecule has 0 heterocycles. The Morgan fingerprint density at radius 3 is 2.41 bits per heavy atom. The lowest BCUT2D eigenvalue weighted by atomic mass is 10.2. The minimum absolute atomic E-state index is 0.0391. The summed E-state index contributed by atoms with van der Waals surface area (Å²) in [6.45, 7) is 3.63. The van der Waals surface area contributed by atoms with Crippen molar-refractivity contribution < 1.29 is 22.7 Å². The van der Waals surface area contributed by atoms with E-state index in [1.807, 2.05) is 6.07 Å². The SMILES string of the molecule is CCOc1ccc(NC(=O)[C@@H](C)Oc2ccc(C#N)cc2)cc1S(=O)(=O)N(C)C. The van der Waals surface area contributed by atoms with Crippen molar-refractivity contribution in [2.24, 2.45) is 0 Å². The van der Waals surface area contributed by atoms with E-state index in [9.17, 15) is 13.2 Å². The Kier molecular flexibility index (Phi) is 7.20. The summed E-state index contributed by atoms with van der Waals surface area (Å²) in [4.78, 5) is 12.4. The molecule has 0 aliphatic rings. The van der Waals surface area contributed by atoms with Crippen molar-refractivity contribution in [2.45, 2.75) is 24.8 Å². The van der Waals surface area contributed by atoms with Gasteiger partial charge in [0.15, 0.2) is 6.10 Å². The number of sulfonamides is 1. The third-order valence-electron chi connectivity index (χ3n) is 3.94. The first-order valence-electron chi connectivity index (χ1n) is 8.86. The van der Waals surface area contributed by atoms with Crippen LogP contribution in [0.3, 0.4) is 0 Å². The second-order valence-electron chi connectivity index (χ2n) is 6.27. The molecule has 2 aromatic carbocycles. The number of carbonyl (C=O) groups is 1. The van der Waals surface area contributed by atoms with Gasteiger partial charge in [0.1, 0.15) is 16.4 Å². The molecule has 29 heavy (non-hydrogen) atoms. The van der Waals surface area contributed by atoms with E-state index < -0.39 is 22.0 Å². The van der Waals surface area contributed by atoms with E-state index in [1.165, 1.54) is 26.2 Å². The Balaban J connectivity index is 2.19. The van der Waals surface area contributed by atoms with Gasteiger partial charge in [0.2, 0.25) is 10.0 Å². The number of anilines is 1. The number of hydrogen-bond acceptors (Lipinski definition) is 6. The summed E-state index contributed by atoms with van der Waals surface area (Å²) in [5.74, 6) is 0.196. The molecular formula is C20H23N3O5S. The monoisotopic (exact) mass is 417 g/mol. The zero-order valence-electron chi connectivity index (χ0n) is 16.7. The van der Waals surface area contributed by atoms with Gasteiger partial charge in [-0.25, -0.2) is 12.7 Å². The summed E-state index contributed by atoms with van der Waals surface area (Å²) in [5.41, 5.74) is 0.785. The molecule has 0 aromatic heterocycles. The molecule has 1 atom stereocenters. The van der Waals surface area contributed by atoms with Crippen LogP contribution in [0.4, 0.5) is 5.69 Å². The second kappa shape index (κ2) is 9.41. The van der Waals surface area contributed by atoms with Crippen LogP contribution in [0.5, 0.6) is 11.5 Å². The number of nitrogens with zero attached hydrogens (tertiary/aromatic N) is 2. The number of amides is 1. The molecule has 0 aliphatic heterocycles. The molecule has 1 N–H and O–H groups in total. The Morgan fingerprint density at radius 2 is 1.86 bits per heavy atom. The van der Waals surface area contributed by atoms with Gasteiger partial charge < -0.3 is 14.8 Å². The van der Waals surface area contributed by atoms with Crippen molar-refractivity contribution in [1.82, 2.24) is 4.31 Å². The zero-order chi connectivity index (χ0) is 21.6. The van der Waals surface area contributed by atoms with Gasteiger partial charge in [-0.2, -0.15) is 5.26 Å². The normalized spacial score (nSPS) is 12.1. The molecule has 154 valence electrons. The van der Waals surface area contributed by atoms with Gasteiger partial charge >= 0.3 is 0 Å². The smallest absolute Gasteiger partial charge is 0.265 e. The van der Waals surface area contributed by atoms with E-state index in [4.69, 9.17) is 14.7 Å². The van der Waals surface area contributed by atoms with Gasteiger partial charge in [-0.05, 0) is 56.3 Å². The van der Waals surface area contributed by atoms with Crippen LogP contribution < -0.4 is 14.8 Å². The number of hydrogen-bond donors (Lipinski definition) is 1. The third-order valence-corrected chi connectivity index (χ3v) is 5.77. The number of benzene rings is 2. The number of nitriles is 1. The molecule has 0 aliphatic carbocycles. The predicted molar refractivity (Wildman–Crippen MR) is 108 cm³/mol. The number of nitrogens with one attached hydrogen (secondary N) is 1. The zero-order valence-corrected chi connectivity index (χ0v) is 17.5. The molecule has 0 spiro atoms. The van der Waals surface area contributed by atoms with E-state index in [0.29, 0.717) is 23.6 Å². The van der Waals surface area contributed by atoms with Crippen LogP contribution in [0.15, 0.2) is 47.4 Å². The van der Waals surface area contributed by atoms with Gasteiger partial charge in [0.05, 0.1) is 18.2 Å². The maximum absolute atomic E-state index is 12.6. The topological polar surface area (TPSA) is 109 Å². The van der Waals surface area contributed by atoms with Crippen LogP contribution in [-0.2, 0) is 14.8 Å². The molecule has 2 rings (SSSR count). The van der Waals surface area contributed by atoms with Crippen LogP contribution in [-0.4, -0.2) is 45.4 Å². The van der Waals surface area contributed by atoms with Crippen molar-refractivity contribution >= 4 is 21.6 Å². The highest BCUT2D eigenvalue weighted by molar-refractivity contribution is 7.89. The van der Waals surface area contributed by atoms with Crippen LogP contribution in [0.25, 0.3) is 0 Å². The average Bonchev–Trinajstić information content (AvgIpc) is 2.69. The first-order valence-corrected chi connectivity index (χ1v) is 10.3. The van der Waals surface area contributed by atoms with Crippen molar-refractivity contribution in [2.75, 3.05) is 26.0 Å². The van der Waals surface area contributed by atoms with Gasteiger partial charge in [-0.3, -0.25) is 4.79 Å². The van der Waals surface area contributed by atoms with Crippen molar-refractivity contribution in [3.63, 3.8) is 0 Å². The van der Waals surface area contributed by atoms with Gasteiger partial charge in [0.25, 0.3) is 5.91 Å². The van der Waals surface area contributed by atoms with E-state index in [-0.39, 0.29) is 10.6 Å². The molecule has 0 fully saturated rings. The maximum atomic E-state index is 12.6. The van der Waals surface area contributed by atoms with Crippen LogP contribution >= 0.6 is 0 Å². The molecule has 8 nitrogen and oxygen atoms in total. The first kappa shape index (κ1) is 22.2. The lowest BCUT2D eigenvalue weighted by Gasteiger charge is -2.18. The lowest BCUT2D eigenvalue weighted by molar-refractivity contribution is -0.122. The summed E-state index contributed by atoms with van der Waals surface area (Å²) < 4.78 is 37.2. The Hall–Kier alpha value is -3.09. The van der Waals surface area contributed by atoms with E-state index >= 15 is 0 Å². The standard InChI is InChI=1S/C20H23N3O5S/c1-5-27-18-11-8-16(12-19(18)29(25,26)23(3)4)22-20(24)14(2)28-17-9-6-15(13-21)7-10-17/h6-12,14H,5H2,1-4H3,(H,22,24)/t14-/m1/s1. The van der Waals surface area contributed by atoms with Crippen LogP contribution in [0.2, 0.25) is 0 Å². The number of rotatable bonds is 8. The largest absolute Gasteiger partial charge is 0.492 e. The predicted octanol–water partition coefficient (Wildman–Crippen LogP) is 2.61. The molecule has 0 bridgehead atoms. The van der Waals surface area contributed by atoms with Crippen LogP contribution in [0.1, 0.15) is 19.4 Å².